The van der Waals surface area contributed by atoms with Crippen LogP contribution in [-0.2, 0) is 0 Å². The fourth-order valence-corrected chi connectivity index (χ4v) is 1.90. The van der Waals surface area contributed by atoms with Gasteiger partial charge in [0.05, 0.1) is 22.3 Å². The van der Waals surface area contributed by atoms with Gasteiger partial charge in [0.1, 0.15) is 0 Å². The Kier molecular flexibility index (Phi) is 6.40. The molecule has 0 aromatic heterocycles. The highest BCUT2D eigenvalue weighted by Crippen LogP contribution is 2.12. The molecule has 26 heavy (non-hydrogen) atoms. The Labute approximate surface area is 152 Å². The third kappa shape index (κ3) is 5.72. The minimum Gasteiger partial charge on any atom is -0.258 e. The van der Waals surface area contributed by atoms with Crippen LogP contribution >= 0.6 is 12.2 Å². The van der Waals surface area contributed by atoms with Crippen molar-refractivity contribution in [1.82, 2.24) is 10.9 Å². The second-order valence-corrected chi connectivity index (χ2v) is 5.18. The lowest BCUT2D eigenvalue weighted by Crippen LogP contribution is -2.28. The Hall–Kier alpha value is -3.73. The number of rotatable bonds is 6. The minimum absolute atomic E-state index is 0.0452. The highest BCUT2D eigenvalue weighted by molar-refractivity contribution is 7.80. The molecular formula is C15H12N6O4S. The molecule has 0 radical (unpaired) electrons. The molecule has 0 aliphatic carbocycles. The molecule has 132 valence electrons. The first-order chi connectivity index (χ1) is 12.5. The fourth-order valence-electron chi connectivity index (χ4n) is 1.79. The quantitative estimate of drug-likeness (QED) is 0.344. The highest BCUT2D eigenvalue weighted by Gasteiger charge is 2.04. The van der Waals surface area contributed by atoms with Gasteiger partial charge in [-0.3, -0.25) is 31.1 Å². The van der Waals surface area contributed by atoms with Crippen molar-refractivity contribution in [2.75, 3.05) is 0 Å². The molecule has 2 aromatic carbocycles. The number of hydrogen-bond acceptors (Lipinski definition) is 7. The molecule has 0 bridgehead atoms. The molecule has 2 N–H and O–H groups in total. The summed E-state index contributed by atoms with van der Waals surface area (Å²) in [5.74, 6) is 0. The summed E-state index contributed by atoms with van der Waals surface area (Å²) >= 11 is 4.95. The Morgan fingerprint density at radius 3 is 1.69 bits per heavy atom. The molecular weight excluding hydrogens is 360 g/mol. The number of hydrogen-bond donors (Lipinski definition) is 2. The van der Waals surface area contributed by atoms with Crippen molar-refractivity contribution < 1.29 is 9.85 Å². The van der Waals surface area contributed by atoms with Gasteiger partial charge in [-0.1, -0.05) is 24.3 Å². The maximum atomic E-state index is 10.7. The molecule has 0 amide bonds. The van der Waals surface area contributed by atoms with Crippen LogP contribution in [-0.4, -0.2) is 27.4 Å². The third-order valence-electron chi connectivity index (χ3n) is 2.92. The van der Waals surface area contributed by atoms with E-state index >= 15 is 0 Å². The average Bonchev–Trinajstić information content (AvgIpc) is 2.62. The van der Waals surface area contributed by atoms with Crippen molar-refractivity contribution in [2.45, 2.75) is 0 Å². The number of nitro groups is 2. The van der Waals surface area contributed by atoms with Crippen LogP contribution in [0.4, 0.5) is 11.4 Å². The van der Waals surface area contributed by atoms with Crippen molar-refractivity contribution in [3.8, 4) is 0 Å². The van der Waals surface area contributed by atoms with Crippen LogP contribution in [0.5, 0.6) is 0 Å². The van der Waals surface area contributed by atoms with E-state index in [4.69, 9.17) is 12.2 Å². The maximum Gasteiger partial charge on any atom is 0.270 e. The molecule has 0 aliphatic rings. The van der Waals surface area contributed by atoms with E-state index in [-0.39, 0.29) is 16.5 Å². The second-order valence-electron chi connectivity index (χ2n) is 4.77. The second kappa shape index (κ2) is 8.94. The van der Waals surface area contributed by atoms with Gasteiger partial charge >= 0.3 is 0 Å². The maximum absolute atomic E-state index is 10.7. The summed E-state index contributed by atoms with van der Waals surface area (Å²) < 4.78 is 0. The zero-order chi connectivity index (χ0) is 18.9. The molecule has 0 saturated carbocycles. The molecule has 0 aliphatic heterocycles. The molecule has 0 heterocycles. The van der Waals surface area contributed by atoms with Gasteiger partial charge in [-0.05, 0) is 12.2 Å². The monoisotopic (exact) mass is 372 g/mol. The summed E-state index contributed by atoms with van der Waals surface area (Å²) in [6.07, 6.45) is 2.73. The SMILES string of the molecule is O=[N+]([O-])c1cccc(/C=N\NC(=S)N/N=C\c2cccc([N+](=O)[O-])c2)c1. The number of hydrazone groups is 2. The van der Waals surface area contributed by atoms with Gasteiger partial charge in [-0.2, -0.15) is 10.2 Å². The zero-order valence-corrected chi connectivity index (χ0v) is 13.9. The summed E-state index contributed by atoms with van der Waals surface area (Å²) in [5.41, 5.74) is 5.94. The average molecular weight is 372 g/mol. The zero-order valence-electron chi connectivity index (χ0n) is 13.1. The van der Waals surface area contributed by atoms with E-state index in [9.17, 15) is 20.2 Å². The summed E-state index contributed by atoms with van der Waals surface area (Å²) in [6.45, 7) is 0. The van der Waals surface area contributed by atoms with Crippen LogP contribution in [0.2, 0.25) is 0 Å². The lowest BCUT2D eigenvalue weighted by molar-refractivity contribution is -0.385. The molecule has 2 rings (SSSR count). The van der Waals surface area contributed by atoms with Crippen LogP contribution in [0.3, 0.4) is 0 Å². The Morgan fingerprint density at radius 1 is 0.885 bits per heavy atom. The normalized spacial score (nSPS) is 10.8. The summed E-state index contributed by atoms with van der Waals surface area (Å²) in [5, 5.41) is 29.1. The van der Waals surface area contributed by atoms with E-state index in [1.54, 1.807) is 24.3 Å². The minimum atomic E-state index is -0.500. The molecule has 11 heteroatoms. The van der Waals surface area contributed by atoms with Gasteiger partial charge < -0.3 is 0 Å². The largest absolute Gasteiger partial charge is 0.270 e. The number of nitro benzene ring substituents is 2. The lowest BCUT2D eigenvalue weighted by atomic mass is 10.2. The van der Waals surface area contributed by atoms with Crippen LogP contribution in [0.1, 0.15) is 11.1 Å². The van der Waals surface area contributed by atoms with Crippen LogP contribution in [0.15, 0.2) is 58.7 Å². The Morgan fingerprint density at radius 2 is 1.31 bits per heavy atom. The summed E-state index contributed by atoms with van der Waals surface area (Å²) in [4.78, 5) is 20.4. The van der Waals surface area contributed by atoms with Crippen molar-refractivity contribution in [3.63, 3.8) is 0 Å². The van der Waals surface area contributed by atoms with E-state index in [1.165, 1.54) is 36.7 Å². The fraction of sp³-hybridized carbons (Fsp3) is 0. The van der Waals surface area contributed by atoms with Crippen molar-refractivity contribution in [3.05, 3.63) is 79.9 Å². The predicted molar refractivity (Wildman–Crippen MR) is 100 cm³/mol. The van der Waals surface area contributed by atoms with Crippen LogP contribution < -0.4 is 10.9 Å². The van der Waals surface area contributed by atoms with Crippen molar-refractivity contribution >= 4 is 41.1 Å². The van der Waals surface area contributed by atoms with E-state index in [0.29, 0.717) is 11.1 Å². The standard InChI is InChI=1S/C15H12N6O4S/c22-20(23)13-5-1-3-11(7-13)9-16-18-15(26)19-17-10-12-4-2-6-14(8-12)21(24)25/h1-10H,(H2,18,19,26)/b16-9-,17-10-. The van der Waals surface area contributed by atoms with E-state index in [2.05, 4.69) is 21.1 Å². The van der Waals surface area contributed by atoms with Gasteiger partial charge in [0.15, 0.2) is 0 Å². The Balaban J connectivity index is 1.87. The highest BCUT2D eigenvalue weighted by atomic mass is 32.1. The van der Waals surface area contributed by atoms with Gasteiger partial charge in [0.2, 0.25) is 5.11 Å². The van der Waals surface area contributed by atoms with E-state index in [1.807, 2.05) is 0 Å². The smallest absolute Gasteiger partial charge is 0.258 e. The Bertz CT molecular complexity index is 828. The molecule has 2 aromatic rings. The van der Waals surface area contributed by atoms with Crippen molar-refractivity contribution in [2.24, 2.45) is 10.2 Å². The lowest BCUT2D eigenvalue weighted by Gasteiger charge is -2.01. The van der Waals surface area contributed by atoms with Gasteiger partial charge in [0, 0.05) is 35.4 Å². The predicted octanol–water partition coefficient (Wildman–Crippen LogP) is 2.34. The first-order valence-corrected chi connectivity index (χ1v) is 7.47. The van der Waals surface area contributed by atoms with Crippen LogP contribution in [0, 0.1) is 20.2 Å². The van der Waals surface area contributed by atoms with E-state index < -0.39 is 9.85 Å². The topological polar surface area (TPSA) is 135 Å². The number of nitrogens with one attached hydrogen (secondary N) is 2. The summed E-state index contributed by atoms with van der Waals surface area (Å²) in [6, 6.07) is 11.9. The molecule has 0 fully saturated rings. The van der Waals surface area contributed by atoms with Crippen LogP contribution in [0.25, 0.3) is 0 Å². The number of benzene rings is 2. The summed E-state index contributed by atoms with van der Waals surface area (Å²) in [7, 11) is 0. The molecule has 10 nitrogen and oxygen atoms in total. The number of non-ortho nitro benzene ring substituents is 2. The molecule has 0 saturated heterocycles. The first kappa shape index (κ1) is 18.6. The van der Waals surface area contributed by atoms with Gasteiger partial charge in [-0.15, -0.1) is 0 Å². The van der Waals surface area contributed by atoms with Crippen molar-refractivity contribution in [1.29, 1.82) is 0 Å². The number of nitrogens with zero attached hydrogens (tertiary/aromatic N) is 4. The number of thiocarbonyl (C=S) groups is 1. The molecule has 0 atom stereocenters. The van der Waals surface area contributed by atoms with Gasteiger partial charge in [-0.25, -0.2) is 0 Å². The third-order valence-corrected chi connectivity index (χ3v) is 3.10. The first-order valence-electron chi connectivity index (χ1n) is 7.07. The molecule has 0 spiro atoms. The molecule has 0 unspecified atom stereocenters. The van der Waals surface area contributed by atoms with Gasteiger partial charge in [0.25, 0.3) is 11.4 Å². The van der Waals surface area contributed by atoms with E-state index in [0.717, 1.165) is 0 Å².